The van der Waals surface area contributed by atoms with E-state index in [-0.39, 0.29) is 5.82 Å². The number of rotatable bonds is 4. The lowest BCUT2D eigenvalue weighted by molar-refractivity contribution is 0.171. The van der Waals surface area contributed by atoms with Crippen LogP contribution in [0.5, 0.6) is 5.88 Å². The highest BCUT2D eigenvalue weighted by molar-refractivity contribution is 5.28. The molecule has 0 amide bonds. The second-order valence-corrected chi connectivity index (χ2v) is 4.29. The van der Waals surface area contributed by atoms with Crippen LogP contribution >= 0.6 is 0 Å². The Morgan fingerprint density at radius 3 is 2.68 bits per heavy atom. The lowest BCUT2D eigenvalue weighted by atomic mass is 10.0. The van der Waals surface area contributed by atoms with Gasteiger partial charge in [-0.05, 0) is 36.2 Å². The van der Waals surface area contributed by atoms with Crippen LogP contribution in [0.4, 0.5) is 4.39 Å². The molecule has 0 aliphatic heterocycles. The molecule has 2 rings (SSSR count). The number of benzene rings is 1. The molecule has 0 saturated carbocycles. The molecule has 0 aliphatic rings. The van der Waals surface area contributed by atoms with E-state index in [4.69, 9.17) is 4.74 Å². The fourth-order valence-electron chi connectivity index (χ4n) is 1.79. The average Bonchev–Trinajstić information content (AvgIpc) is 2.43. The molecule has 1 N–H and O–H groups in total. The Kier molecular flexibility index (Phi) is 4.06. The van der Waals surface area contributed by atoms with Gasteiger partial charge in [-0.3, -0.25) is 0 Å². The number of hydrogen-bond acceptors (Lipinski definition) is 4. The summed E-state index contributed by atoms with van der Waals surface area (Å²) >= 11 is 0. The van der Waals surface area contributed by atoms with Crippen molar-refractivity contribution < 1.29 is 14.2 Å². The zero-order chi connectivity index (χ0) is 13.8. The zero-order valence-corrected chi connectivity index (χ0v) is 10.8. The second-order valence-electron chi connectivity index (χ2n) is 4.29. The number of aryl methyl sites for hydroxylation is 1. The number of halogens is 1. The monoisotopic (exact) mass is 262 g/mol. The van der Waals surface area contributed by atoms with E-state index in [0.29, 0.717) is 18.0 Å². The number of aromatic nitrogens is 2. The summed E-state index contributed by atoms with van der Waals surface area (Å²) in [4.78, 5) is 0. The van der Waals surface area contributed by atoms with E-state index in [1.165, 1.54) is 19.2 Å². The molecule has 1 unspecified atom stereocenters. The van der Waals surface area contributed by atoms with Crippen LogP contribution in [0.3, 0.4) is 0 Å². The Balaban J connectivity index is 2.15. The summed E-state index contributed by atoms with van der Waals surface area (Å²) in [7, 11) is 1.50. The first-order valence-corrected chi connectivity index (χ1v) is 5.91. The smallest absolute Gasteiger partial charge is 0.233 e. The van der Waals surface area contributed by atoms with Crippen LogP contribution in [0.1, 0.15) is 22.9 Å². The van der Waals surface area contributed by atoms with Crippen LogP contribution in [0, 0.1) is 12.7 Å². The maximum absolute atomic E-state index is 13.2. The molecule has 0 saturated heterocycles. The first-order chi connectivity index (χ1) is 9.10. The zero-order valence-electron chi connectivity index (χ0n) is 10.8. The largest absolute Gasteiger partial charge is 0.480 e. The standard InChI is InChI=1S/C14H15FN2O2/c1-9-3-4-11(15)7-10(9)8-13(18)12-5-6-14(19-2)17-16-12/h3-7,13,18H,8H2,1-2H3. The third-order valence-corrected chi connectivity index (χ3v) is 2.94. The summed E-state index contributed by atoms with van der Waals surface area (Å²) in [5, 5.41) is 17.8. The molecule has 1 aromatic heterocycles. The van der Waals surface area contributed by atoms with E-state index in [2.05, 4.69) is 10.2 Å². The second kappa shape index (κ2) is 5.75. The average molecular weight is 262 g/mol. The molecule has 0 spiro atoms. The summed E-state index contributed by atoms with van der Waals surface area (Å²) in [6, 6.07) is 7.79. The van der Waals surface area contributed by atoms with Crippen molar-refractivity contribution in [2.75, 3.05) is 7.11 Å². The molecule has 5 heteroatoms. The van der Waals surface area contributed by atoms with Crippen LogP contribution in [0.25, 0.3) is 0 Å². The maximum Gasteiger partial charge on any atom is 0.233 e. The van der Waals surface area contributed by atoms with Gasteiger partial charge in [0.25, 0.3) is 0 Å². The fraction of sp³-hybridized carbons (Fsp3) is 0.286. The minimum atomic E-state index is -0.820. The van der Waals surface area contributed by atoms with Gasteiger partial charge in [-0.2, -0.15) is 0 Å². The van der Waals surface area contributed by atoms with Gasteiger partial charge in [-0.25, -0.2) is 4.39 Å². The quantitative estimate of drug-likeness (QED) is 0.917. The van der Waals surface area contributed by atoms with Gasteiger partial charge >= 0.3 is 0 Å². The molecule has 1 aromatic carbocycles. The molecule has 4 nitrogen and oxygen atoms in total. The van der Waals surface area contributed by atoms with E-state index >= 15 is 0 Å². The molecule has 100 valence electrons. The first-order valence-electron chi connectivity index (χ1n) is 5.91. The molecule has 2 aromatic rings. The Morgan fingerprint density at radius 2 is 2.05 bits per heavy atom. The van der Waals surface area contributed by atoms with E-state index in [0.717, 1.165) is 11.1 Å². The number of ether oxygens (including phenoxy) is 1. The van der Waals surface area contributed by atoms with Gasteiger partial charge in [0.2, 0.25) is 5.88 Å². The van der Waals surface area contributed by atoms with Gasteiger partial charge in [-0.15, -0.1) is 10.2 Å². The predicted molar refractivity (Wildman–Crippen MR) is 68.4 cm³/mol. The van der Waals surface area contributed by atoms with E-state index in [1.807, 2.05) is 6.92 Å². The highest BCUT2D eigenvalue weighted by atomic mass is 19.1. The number of nitrogens with zero attached hydrogens (tertiary/aromatic N) is 2. The Labute approximate surface area is 110 Å². The van der Waals surface area contributed by atoms with Crippen molar-refractivity contribution in [3.05, 3.63) is 53.0 Å². The van der Waals surface area contributed by atoms with Gasteiger partial charge in [0, 0.05) is 12.5 Å². The van der Waals surface area contributed by atoms with Crippen molar-refractivity contribution >= 4 is 0 Å². The summed E-state index contributed by atoms with van der Waals surface area (Å²) in [5.74, 6) is 0.0755. The van der Waals surface area contributed by atoms with Crippen molar-refractivity contribution in [2.24, 2.45) is 0 Å². The van der Waals surface area contributed by atoms with Crippen molar-refractivity contribution in [2.45, 2.75) is 19.4 Å². The minimum absolute atomic E-state index is 0.296. The summed E-state index contributed by atoms with van der Waals surface area (Å²) in [5.41, 5.74) is 2.12. The Hall–Kier alpha value is -2.01. The molecule has 0 radical (unpaired) electrons. The van der Waals surface area contributed by atoms with E-state index in [9.17, 15) is 9.50 Å². The van der Waals surface area contributed by atoms with E-state index in [1.54, 1.807) is 18.2 Å². The number of aliphatic hydroxyl groups is 1. The van der Waals surface area contributed by atoms with Crippen LogP contribution in [-0.4, -0.2) is 22.4 Å². The highest BCUT2D eigenvalue weighted by Gasteiger charge is 2.13. The molecule has 0 aliphatic carbocycles. The van der Waals surface area contributed by atoms with Gasteiger partial charge in [0.15, 0.2) is 0 Å². The van der Waals surface area contributed by atoms with Crippen molar-refractivity contribution in [1.29, 1.82) is 0 Å². The normalized spacial score (nSPS) is 12.2. The first kappa shape index (κ1) is 13.4. The minimum Gasteiger partial charge on any atom is -0.480 e. The third-order valence-electron chi connectivity index (χ3n) is 2.94. The van der Waals surface area contributed by atoms with Crippen LogP contribution in [-0.2, 0) is 6.42 Å². The van der Waals surface area contributed by atoms with Gasteiger partial charge in [0.1, 0.15) is 11.9 Å². The summed E-state index contributed by atoms with van der Waals surface area (Å²) < 4.78 is 18.1. The Bertz CT molecular complexity index is 558. The molecule has 1 heterocycles. The number of hydrogen-bond donors (Lipinski definition) is 1. The highest BCUT2D eigenvalue weighted by Crippen LogP contribution is 2.20. The molecule has 0 bridgehead atoms. The SMILES string of the molecule is COc1ccc(C(O)Cc2cc(F)ccc2C)nn1. The predicted octanol–water partition coefficient (Wildman–Crippen LogP) is 2.21. The van der Waals surface area contributed by atoms with Gasteiger partial charge in [0.05, 0.1) is 12.8 Å². The van der Waals surface area contributed by atoms with E-state index < -0.39 is 6.10 Å². The summed E-state index contributed by atoms with van der Waals surface area (Å²) in [6.07, 6.45) is -0.524. The lowest BCUT2D eigenvalue weighted by Crippen LogP contribution is -2.07. The van der Waals surface area contributed by atoms with Gasteiger partial charge in [-0.1, -0.05) is 6.07 Å². The van der Waals surface area contributed by atoms with Crippen molar-refractivity contribution in [3.8, 4) is 5.88 Å². The van der Waals surface area contributed by atoms with Crippen molar-refractivity contribution in [3.63, 3.8) is 0 Å². The molecule has 1 atom stereocenters. The maximum atomic E-state index is 13.2. The molecular weight excluding hydrogens is 247 g/mol. The molecular formula is C14H15FN2O2. The Morgan fingerprint density at radius 1 is 1.26 bits per heavy atom. The lowest BCUT2D eigenvalue weighted by Gasteiger charge is -2.12. The fourth-order valence-corrected chi connectivity index (χ4v) is 1.79. The van der Waals surface area contributed by atoms with Crippen molar-refractivity contribution in [1.82, 2.24) is 10.2 Å². The molecule has 0 fully saturated rings. The number of aliphatic hydroxyl groups excluding tert-OH is 1. The van der Waals surface area contributed by atoms with Crippen LogP contribution in [0.2, 0.25) is 0 Å². The third kappa shape index (κ3) is 3.26. The van der Waals surface area contributed by atoms with Gasteiger partial charge < -0.3 is 9.84 Å². The number of methoxy groups -OCH3 is 1. The molecule has 19 heavy (non-hydrogen) atoms. The topological polar surface area (TPSA) is 55.2 Å². The van der Waals surface area contributed by atoms with Crippen LogP contribution in [0.15, 0.2) is 30.3 Å². The van der Waals surface area contributed by atoms with Crippen LogP contribution < -0.4 is 4.74 Å². The summed E-state index contributed by atoms with van der Waals surface area (Å²) in [6.45, 7) is 1.88.